The van der Waals surface area contributed by atoms with Gasteiger partial charge in [0.2, 0.25) is 0 Å². The van der Waals surface area contributed by atoms with Crippen molar-refractivity contribution in [3.05, 3.63) is 23.3 Å². The van der Waals surface area contributed by atoms with Gasteiger partial charge in [0.05, 0.1) is 27.4 Å². The molecule has 1 saturated heterocycles. The molecule has 1 N–H and O–H groups in total. The van der Waals surface area contributed by atoms with E-state index in [2.05, 4.69) is 41.0 Å². The van der Waals surface area contributed by atoms with Gasteiger partial charge in [-0.15, -0.1) is 0 Å². The molecule has 0 spiro atoms. The van der Waals surface area contributed by atoms with Crippen molar-refractivity contribution in [1.29, 1.82) is 0 Å². The highest BCUT2D eigenvalue weighted by molar-refractivity contribution is 5.79. The minimum Gasteiger partial charge on any atom is -0.493 e. The second-order valence-corrected chi connectivity index (χ2v) is 7.44. The van der Waals surface area contributed by atoms with Gasteiger partial charge in [0.25, 0.3) is 0 Å². The zero-order valence-corrected chi connectivity index (χ0v) is 18.2. The number of morpholine rings is 1. The molecule has 0 bridgehead atoms. The molecule has 0 radical (unpaired) electrons. The molecule has 1 unspecified atom stereocenters. The Kier molecular flexibility index (Phi) is 8.86. The SMILES string of the molecule is CN=C(NCC(C)CN1CCOCC1)N(C)Cc1cc(OC)c(OC)cc1C. The van der Waals surface area contributed by atoms with E-state index in [-0.39, 0.29) is 0 Å². The third-order valence-electron chi connectivity index (χ3n) is 5.11. The van der Waals surface area contributed by atoms with Crippen molar-refractivity contribution in [3.63, 3.8) is 0 Å². The van der Waals surface area contributed by atoms with E-state index in [4.69, 9.17) is 14.2 Å². The molecule has 1 aromatic rings. The van der Waals surface area contributed by atoms with Crippen LogP contribution in [0.3, 0.4) is 0 Å². The first-order valence-corrected chi connectivity index (χ1v) is 9.91. The number of methoxy groups -OCH3 is 2. The second kappa shape index (κ2) is 11.1. The summed E-state index contributed by atoms with van der Waals surface area (Å²) in [7, 11) is 7.20. The molecule has 1 aliphatic heterocycles. The number of nitrogens with one attached hydrogen (secondary N) is 1. The van der Waals surface area contributed by atoms with Gasteiger partial charge in [0.1, 0.15) is 0 Å². The van der Waals surface area contributed by atoms with Crippen LogP contribution < -0.4 is 14.8 Å². The van der Waals surface area contributed by atoms with Crippen molar-refractivity contribution >= 4 is 5.96 Å². The van der Waals surface area contributed by atoms with Crippen molar-refractivity contribution in [2.45, 2.75) is 20.4 Å². The van der Waals surface area contributed by atoms with E-state index < -0.39 is 0 Å². The summed E-state index contributed by atoms with van der Waals surface area (Å²) < 4.78 is 16.3. The van der Waals surface area contributed by atoms with E-state index in [1.165, 1.54) is 11.1 Å². The van der Waals surface area contributed by atoms with Gasteiger partial charge >= 0.3 is 0 Å². The van der Waals surface area contributed by atoms with E-state index in [1.807, 2.05) is 19.2 Å². The molecule has 0 amide bonds. The largest absolute Gasteiger partial charge is 0.493 e. The number of hydrogen-bond donors (Lipinski definition) is 1. The Morgan fingerprint density at radius 1 is 1.25 bits per heavy atom. The quantitative estimate of drug-likeness (QED) is 0.539. The lowest BCUT2D eigenvalue weighted by Crippen LogP contribution is -2.44. The van der Waals surface area contributed by atoms with Crippen LogP contribution in [0, 0.1) is 12.8 Å². The Labute approximate surface area is 169 Å². The average Bonchev–Trinajstić information content (AvgIpc) is 2.70. The van der Waals surface area contributed by atoms with Crippen molar-refractivity contribution in [2.24, 2.45) is 10.9 Å². The Bertz CT molecular complexity index is 645. The van der Waals surface area contributed by atoms with Gasteiger partial charge in [-0.25, -0.2) is 0 Å². The van der Waals surface area contributed by atoms with Gasteiger partial charge in [-0.05, 0) is 36.1 Å². The summed E-state index contributed by atoms with van der Waals surface area (Å²) in [6, 6.07) is 4.06. The van der Waals surface area contributed by atoms with E-state index in [0.29, 0.717) is 5.92 Å². The van der Waals surface area contributed by atoms with Crippen molar-refractivity contribution in [1.82, 2.24) is 15.1 Å². The number of guanidine groups is 1. The second-order valence-electron chi connectivity index (χ2n) is 7.44. The number of rotatable bonds is 8. The maximum Gasteiger partial charge on any atom is 0.193 e. The third kappa shape index (κ3) is 6.27. The van der Waals surface area contributed by atoms with Crippen molar-refractivity contribution < 1.29 is 14.2 Å². The van der Waals surface area contributed by atoms with Crippen LogP contribution in [0.4, 0.5) is 0 Å². The fraction of sp³-hybridized carbons (Fsp3) is 0.667. The fourth-order valence-corrected chi connectivity index (χ4v) is 3.46. The van der Waals surface area contributed by atoms with Gasteiger partial charge in [0, 0.05) is 46.8 Å². The lowest BCUT2D eigenvalue weighted by atomic mass is 10.1. The first kappa shape index (κ1) is 22.3. The maximum absolute atomic E-state index is 5.45. The molecule has 28 heavy (non-hydrogen) atoms. The van der Waals surface area contributed by atoms with E-state index in [9.17, 15) is 0 Å². The molecule has 0 aliphatic carbocycles. The van der Waals surface area contributed by atoms with Crippen LogP contribution in [0.15, 0.2) is 17.1 Å². The highest BCUT2D eigenvalue weighted by Crippen LogP contribution is 2.30. The smallest absolute Gasteiger partial charge is 0.193 e. The van der Waals surface area contributed by atoms with Crippen molar-refractivity contribution in [3.8, 4) is 11.5 Å². The number of aliphatic imine (C=N–C) groups is 1. The average molecular weight is 393 g/mol. The van der Waals surface area contributed by atoms with Crippen LogP contribution in [0.5, 0.6) is 11.5 Å². The van der Waals surface area contributed by atoms with Crippen molar-refractivity contribution in [2.75, 3.05) is 67.7 Å². The first-order chi connectivity index (χ1) is 13.5. The number of ether oxygens (including phenoxy) is 3. The molecule has 0 aromatic heterocycles. The van der Waals surface area contributed by atoms with Gasteiger partial charge in [-0.1, -0.05) is 6.92 Å². The Morgan fingerprint density at radius 2 is 1.89 bits per heavy atom. The zero-order valence-electron chi connectivity index (χ0n) is 18.2. The highest BCUT2D eigenvalue weighted by Gasteiger charge is 2.16. The summed E-state index contributed by atoms with van der Waals surface area (Å²) in [5.41, 5.74) is 2.35. The van der Waals surface area contributed by atoms with E-state index >= 15 is 0 Å². The van der Waals surface area contributed by atoms with Gasteiger partial charge < -0.3 is 24.4 Å². The minimum atomic E-state index is 0.533. The molecule has 158 valence electrons. The monoisotopic (exact) mass is 392 g/mol. The summed E-state index contributed by atoms with van der Waals surface area (Å²) in [5.74, 6) is 2.93. The molecule has 1 heterocycles. The summed E-state index contributed by atoms with van der Waals surface area (Å²) in [6.07, 6.45) is 0. The number of aryl methyl sites for hydroxylation is 1. The maximum atomic E-state index is 5.45. The highest BCUT2D eigenvalue weighted by atomic mass is 16.5. The topological polar surface area (TPSA) is 58.6 Å². The van der Waals surface area contributed by atoms with Gasteiger partial charge in [-0.2, -0.15) is 0 Å². The summed E-state index contributed by atoms with van der Waals surface area (Å²) in [4.78, 5) is 9.05. The Morgan fingerprint density at radius 3 is 2.50 bits per heavy atom. The fourth-order valence-electron chi connectivity index (χ4n) is 3.46. The molecule has 2 rings (SSSR count). The van der Waals surface area contributed by atoms with E-state index in [1.54, 1.807) is 14.2 Å². The lowest BCUT2D eigenvalue weighted by molar-refractivity contribution is 0.0320. The van der Waals surface area contributed by atoms with Crippen LogP contribution in [0.2, 0.25) is 0 Å². The Hall–Kier alpha value is -1.99. The molecular weight excluding hydrogens is 356 g/mol. The van der Waals surface area contributed by atoms with E-state index in [0.717, 1.165) is 63.4 Å². The van der Waals surface area contributed by atoms with Gasteiger partial charge in [-0.3, -0.25) is 9.89 Å². The Balaban J connectivity index is 1.91. The third-order valence-corrected chi connectivity index (χ3v) is 5.11. The first-order valence-electron chi connectivity index (χ1n) is 9.91. The summed E-state index contributed by atoms with van der Waals surface area (Å²) in [6.45, 7) is 10.8. The molecule has 0 saturated carbocycles. The normalized spacial score (nSPS) is 16.6. The molecule has 1 aromatic carbocycles. The van der Waals surface area contributed by atoms with Crippen LogP contribution in [-0.2, 0) is 11.3 Å². The number of hydrogen-bond acceptors (Lipinski definition) is 5. The lowest BCUT2D eigenvalue weighted by Gasteiger charge is -2.30. The predicted molar refractivity (Wildman–Crippen MR) is 114 cm³/mol. The molecular formula is C21H36N4O3. The number of nitrogens with zero attached hydrogens (tertiary/aromatic N) is 3. The summed E-state index contributed by atoms with van der Waals surface area (Å²) >= 11 is 0. The summed E-state index contributed by atoms with van der Waals surface area (Å²) in [5, 5.41) is 3.51. The predicted octanol–water partition coefficient (Wildman–Crippen LogP) is 1.99. The molecule has 7 heteroatoms. The standard InChI is InChI=1S/C21H36N4O3/c1-16(14-25-7-9-28-10-8-25)13-23-21(22-3)24(4)15-18-12-20(27-6)19(26-5)11-17(18)2/h11-12,16H,7-10,13-15H2,1-6H3,(H,22,23). The zero-order chi connectivity index (χ0) is 20.5. The molecule has 1 aliphatic rings. The van der Waals surface area contributed by atoms with Crippen LogP contribution in [-0.4, -0.2) is 83.5 Å². The minimum absolute atomic E-state index is 0.533. The number of benzene rings is 1. The van der Waals surface area contributed by atoms with Gasteiger partial charge in [0.15, 0.2) is 17.5 Å². The van der Waals surface area contributed by atoms with Crippen LogP contribution >= 0.6 is 0 Å². The van der Waals surface area contributed by atoms with Crippen LogP contribution in [0.1, 0.15) is 18.1 Å². The molecule has 1 atom stereocenters. The molecule has 1 fully saturated rings. The molecule has 7 nitrogen and oxygen atoms in total. The van der Waals surface area contributed by atoms with Crippen LogP contribution in [0.25, 0.3) is 0 Å².